The Morgan fingerprint density at radius 2 is 1.70 bits per heavy atom. The highest BCUT2D eigenvalue weighted by Gasteiger charge is 2.28. The zero-order chi connectivity index (χ0) is 21.6. The van der Waals surface area contributed by atoms with Crippen molar-refractivity contribution in [3.05, 3.63) is 95.8 Å². The largest absolute Gasteiger partial charge is 0.370 e. The second kappa shape index (κ2) is 11.4. The molecule has 0 spiro atoms. The Hall–Kier alpha value is -2.77. The normalized spacial score (nSPS) is 18.2. The van der Waals surface area contributed by atoms with Crippen LogP contribution in [0.4, 0.5) is 0 Å². The fourth-order valence-electron chi connectivity index (χ4n) is 4.21. The molecule has 2 heterocycles. The Morgan fingerprint density at radius 3 is 2.58 bits per heavy atom. The van der Waals surface area contributed by atoms with E-state index < -0.39 is 0 Å². The first-order valence-corrected chi connectivity index (χ1v) is 11.2. The Bertz CT molecular complexity index is 1150. The van der Waals surface area contributed by atoms with E-state index in [1.807, 2.05) is 29.1 Å². The van der Waals surface area contributed by atoms with E-state index in [1.54, 1.807) is 0 Å². The Morgan fingerprint density at radius 1 is 0.879 bits per heavy atom. The van der Waals surface area contributed by atoms with Crippen molar-refractivity contribution in [2.24, 2.45) is 0 Å². The van der Waals surface area contributed by atoms with Gasteiger partial charge in [-0.1, -0.05) is 71.9 Å². The summed E-state index contributed by atoms with van der Waals surface area (Å²) in [4.78, 5) is 0. The van der Waals surface area contributed by atoms with Gasteiger partial charge in [0.15, 0.2) is 0 Å². The minimum Gasteiger partial charge on any atom is -0.370 e. The van der Waals surface area contributed by atoms with Crippen LogP contribution >= 0.6 is 12.4 Å². The van der Waals surface area contributed by atoms with E-state index in [2.05, 4.69) is 70.2 Å². The summed E-state index contributed by atoms with van der Waals surface area (Å²) in [5.74, 6) is 0. The molecule has 4 aromatic rings. The lowest BCUT2D eigenvalue weighted by atomic mass is 10.0. The summed E-state index contributed by atoms with van der Waals surface area (Å²) < 4.78 is 14.1. The zero-order valence-corrected chi connectivity index (χ0v) is 19.3. The van der Waals surface area contributed by atoms with Gasteiger partial charge in [-0.2, -0.15) is 0 Å². The van der Waals surface area contributed by atoms with E-state index in [0.29, 0.717) is 19.8 Å². The highest BCUT2D eigenvalue weighted by atomic mass is 35.5. The molecule has 0 amide bonds. The van der Waals surface area contributed by atoms with Crippen molar-refractivity contribution < 1.29 is 9.47 Å². The van der Waals surface area contributed by atoms with E-state index in [-0.39, 0.29) is 24.6 Å². The highest BCUT2D eigenvalue weighted by Crippen LogP contribution is 2.23. The monoisotopic (exact) mass is 464 g/mol. The summed E-state index contributed by atoms with van der Waals surface area (Å²) in [6.07, 6.45) is 2.98. The van der Waals surface area contributed by atoms with Crippen LogP contribution in [-0.4, -0.2) is 34.2 Å². The van der Waals surface area contributed by atoms with Crippen LogP contribution < -0.4 is 5.32 Å². The molecule has 1 aromatic heterocycles. The number of hydrogen-bond donors (Lipinski definition) is 1. The van der Waals surface area contributed by atoms with E-state index in [9.17, 15) is 0 Å². The molecule has 3 aromatic carbocycles. The number of fused-ring (bicyclic) bond motifs is 1. The van der Waals surface area contributed by atoms with Crippen molar-refractivity contribution in [1.82, 2.24) is 20.3 Å². The molecule has 0 bridgehead atoms. The van der Waals surface area contributed by atoms with Crippen molar-refractivity contribution in [1.29, 1.82) is 0 Å². The fraction of sp³-hybridized carbons (Fsp3) is 0.308. The lowest BCUT2D eigenvalue weighted by Gasteiger charge is -2.32. The molecule has 6 nitrogen and oxygen atoms in total. The number of rotatable bonds is 8. The van der Waals surface area contributed by atoms with E-state index in [4.69, 9.17) is 9.47 Å². The van der Waals surface area contributed by atoms with Crippen molar-refractivity contribution in [2.45, 2.75) is 38.4 Å². The minimum absolute atomic E-state index is 0. The number of halogens is 1. The Labute approximate surface area is 200 Å². The van der Waals surface area contributed by atoms with Crippen LogP contribution in [0.2, 0.25) is 0 Å². The fourth-order valence-corrected chi connectivity index (χ4v) is 4.21. The van der Waals surface area contributed by atoms with Crippen LogP contribution in [0, 0.1) is 0 Å². The van der Waals surface area contributed by atoms with Crippen LogP contribution in [0.1, 0.15) is 29.3 Å². The van der Waals surface area contributed by atoms with Crippen LogP contribution in [0.25, 0.3) is 10.8 Å². The molecule has 33 heavy (non-hydrogen) atoms. The quantitative estimate of drug-likeness (QED) is 0.410. The predicted molar refractivity (Wildman–Crippen MR) is 131 cm³/mol. The van der Waals surface area contributed by atoms with Crippen LogP contribution in [-0.2, 0) is 29.3 Å². The van der Waals surface area contributed by atoms with Gasteiger partial charge in [0.1, 0.15) is 5.69 Å². The molecule has 1 aliphatic rings. The first-order valence-electron chi connectivity index (χ1n) is 11.2. The number of benzene rings is 3. The number of piperidine rings is 1. The summed E-state index contributed by atoms with van der Waals surface area (Å²) in [5.41, 5.74) is 3.18. The van der Waals surface area contributed by atoms with Gasteiger partial charge in [-0.05, 0) is 40.9 Å². The van der Waals surface area contributed by atoms with E-state index >= 15 is 0 Å². The number of ether oxygens (including phenoxy) is 2. The molecule has 1 saturated heterocycles. The summed E-state index contributed by atoms with van der Waals surface area (Å²) in [7, 11) is 0. The Kier molecular flexibility index (Phi) is 8.07. The topological polar surface area (TPSA) is 61.2 Å². The van der Waals surface area contributed by atoms with Gasteiger partial charge in [0, 0.05) is 6.54 Å². The second-order valence-corrected chi connectivity index (χ2v) is 8.26. The maximum atomic E-state index is 6.35. The molecule has 1 aliphatic heterocycles. The standard InChI is InChI=1S/C26H28N4O2.ClH/c1-2-6-20(7-3-1)17-31-19-24-16-30(29-28-24)25-12-13-27-15-26(25)32-18-21-10-11-22-8-4-5-9-23(22)14-21;/h1-11,14,16,25-27H,12-13,15,17-19H2;1H. The minimum atomic E-state index is 0. The van der Waals surface area contributed by atoms with Gasteiger partial charge in [0.2, 0.25) is 0 Å². The van der Waals surface area contributed by atoms with Crippen LogP contribution in [0.3, 0.4) is 0 Å². The van der Waals surface area contributed by atoms with Crippen LogP contribution in [0.5, 0.6) is 0 Å². The molecule has 0 radical (unpaired) electrons. The maximum Gasteiger partial charge on any atom is 0.108 e. The number of nitrogens with zero attached hydrogens (tertiary/aromatic N) is 3. The molecule has 172 valence electrons. The van der Waals surface area contributed by atoms with Gasteiger partial charge in [0.25, 0.3) is 0 Å². The third-order valence-electron chi connectivity index (χ3n) is 5.93. The number of hydrogen-bond acceptors (Lipinski definition) is 5. The molecule has 2 atom stereocenters. The van der Waals surface area contributed by atoms with Gasteiger partial charge in [-0.15, -0.1) is 17.5 Å². The average molecular weight is 465 g/mol. The maximum absolute atomic E-state index is 6.35. The molecule has 1 N–H and O–H groups in total. The van der Waals surface area contributed by atoms with Gasteiger partial charge < -0.3 is 14.8 Å². The third-order valence-corrected chi connectivity index (χ3v) is 5.93. The van der Waals surface area contributed by atoms with Gasteiger partial charge in [-0.3, -0.25) is 0 Å². The first kappa shape index (κ1) is 23.4. The molecular formula is C26H29ClN4O2. The van der Waals surface area contributed by atoms with Gasteiger partial charge in [0.05, 0.1) is 38.2 Å². The molecule has 1 fully saturated rings. The Balaban J connectivity index is 0.00000259. The SMILES string of the molecule is Cl.c1ccc(COCc2cn(C3CCNCC3OCc3ccc4ccccc4c3)nn2)cc1. The smallest absolute Gasteiger partial charge is 0.108 e. The van der Waals surface area contributed by atoms with Crippen molar-refractivity contribution >= 4 is 23.2 Å². The predicted octanol–water partition coefficient (Wildman–Crippen LogP) is 4.69. The summed E-state index contributed by atoms with van der Waals surface area (Å²) in [5, 5.41) is 14.6. The van der Waals surface area contributed by atoms with Gasteiger partial charge in [-0.25, -0.2) is 4.68 Å². The van der Waals surface area contributed by atoms with E-state index in [0.717, 1.165) is 30.8 Å². The summed E-state index contributed by atoms with van der Waals surface area (Å²) in [6, 6.07) is 25.2. The molecule has 2 unspecified atom stereocenters. The highest BCUT2D eigenvalue weighted by molar-refractivity contribution is 5.85. The molecular weight excluding hydrogens is 436 g/mol. The van der Waals surface area contributed by atoms with Gasteiger partial charge >= 0.3 is 0 Å². The lowest BCUT2D eigenvalue weighted by molar-refractivity contribution is -0.0113. The first-order chi connectivity index (χ1) is 15.8. The molecule has 0 saturated carbocycles. The second-order valence-electron chi connectivity index (χ2n) is 8.26. The number of aromatic nitrogens is 3. The zero-order valence-electron chi connectivity index (χ0n) is 18.5. The molecule has 0 aliphatic carbocycles. The number of nitrogens with one attached hydrogen (secondary N) is 1. The van der Waals surface area contributed by atoms with E-state index in [1.165, 1.54) is 16.3 Å². The lowest BCUT2D eigenvalue weighted by Crippen LogP contribution is -2.43. The third kappa shape index (κ3) is 5.97. The molecule has 7 heteroatoms. The summed E-state index contributed by atoms with van der Waals surface area (Å²) >= 11 is 0. The van der Waals surface area contributed by atoms with Crippen molar-refractivity contribution in [3.63, 3.8) is 0 Å². The van der Waals surface area contributed by atoms with Crippen molar-refractivity contribution in [2.75, 3.05) is 13.1 Å². The van der Waals surface area contributed by atoms with Crippen LogP contribution in [0.15, 0.2) is 79.0 Å². The average Bonchev–Trinajstić information content (AvgIpc) is 3.32. The summed E-state index contributed by atoms with van der Waals surface area (Å²) in [6.45, 7) is 3.34. The van der Waals surface area contributed by atoms with Crippen molar-refractivity contribution in [3.8, 4) is 0 Å². The molecule has 5 rings (SSSR count).